The Bertz CT molecular complexity index is 1340. The van der Waals surface area contributed by atoms with Crippen LogP contribution in [0.3, 0.4) is 0 Å². The number of nitrogens with one attached hydrogen (secondary N) is 1. The number of ether oxygens (including phenoxy) is 1. The summed E-state index contributed by atoms with van der Waals surface area (Å²) in [6.45, 7) is 3.85. The number of fused-ring (bicyclic) bond motifs is 1. The second-order valence-electron chi connectivity index (χ2n) is 8.51. The highest BCUT2D eigenvalue weighted by Crippen LogP contribution is 2.26. The first-order valence-corrected chi connectivity index (χ1v) is 13.0. The summed E-state index contributed by atoms with van der Waals surface area (Å²) in [5.74, 6) is 0.157. The molecule has 1 saturated heterocycles. The molecule has 1 aliphatic heterocycles. The first-order valence-electron chi connectivity index (χ1n) is 11.2. The van der Waals surface area contributed by atoms with Crippen molar-refractivity contribution in [2.24, 2.45) is 5.10 Å². The van der Waals surface area contributed by atoms with Crippen molar-refractivity contribution in [1.82, 2.24) is 19.2 Å². The lowest BCUT2D eigenvalue weighted by Gasteiger charge is -2.34. The fourth-order valence-electron chi connectivity index (χ4n) is 4.16. The Kier molecular flexibility index (Phi) is 7.39. The number of methoxy groups -OCH3 is 1. The van der Waals surface area contributed by atoms with Gasteiger partial charge in [0.1, 0.15) is 0 Å². The summed E-state index contributed by atoms with van der Waals surface area (Å²) in [5, 5.41) is 14.6. The van der Waals surface area contributed by atoms with Crippen molar-refractivity contribution in [2.75, 3.05) is 46.1 Å². The molecule has 0 bridgehead atoms. The SMILES string of the molecule is COc1cc(C=NNC(=O)CN2CCN(Cc3cn(S(C)(=O)=O)c4ccccc34)CC2)ccc1O. The van der Waals surface area contributed by atoms with Gasteiger partial charge in [-0.2, -0.15) is 5.10 Å². The van der Waals surface area contributed by atoms with Gasteiger partial charge in [0.25, 0.3) is 5.91 Å². The Morgan fingerprint density at radius 1 is 1.14 bits per heavy atom. The van der Waals surface area contributed by atoms with Crippen molar-refractivity contribution in [3.63, 3.8) is 0 Å². The largest absolute Gasteiger partial charge is 0.504 e. The van der Waals surface area contributed by atoms with Crippen LogP contribution < -0.4 is 10.2 Å². The fraction of sp³-hybridized carbons (Fsp3) is 0.333. The molecule has 35 heavy (non-hydrogen) atoms. The molecule has 0 aliphatic carbocycles. The number of aromatic hydroxyl groups is 1. The lowest BCUT2D eigenvalue weighted by atomic mass is 10.1. The minimum atomic E-state index is -3.39. The second-order valence-corrected chi connectivity index (χ2v) is 10.4. The molecule has 11 heteroatoms. The molecule has 2 aromatic carbocycles. The van der Waals surface area contributed by atoms with Crippen molar-refractivity contribution >= 4 is 33.0 Å². The maximum absolute atomic E-state index is 12.3. The van der Waals surface area contributed by atoms with Gasteiger partial charge in [-0.1, -0.05) is 18.2 Å². The molecule has 3 aromatic rings. The normalized spacial score (nSPS) is 15.6. The zero-order chi connectivity index (χ0) is 25.0. The molecule has 4 rings (SSSR count). The Labute approximate surface area is 204 Å². The van der Waals surface area contributed by atoms with Crippen LogP contribution in [0.15, 0.2) is 53.8 Å². The first kappa shape index (κ1) is 24.7. The summed E-state index contributed by atoms with van der Waals surface area (Å²) >= 11 is 0. The minimum absolute atomic E-state index is 0.0361. The Balaban J connectivity index is 1.28. The molecule has 2 heterocycles. The van der Waals surface area contributed by atoms with E-state index >= 15 is 0 Å². The van der Waals surface area contributed by atoms with Gasteiger partial charge in [0.2, 0.25) is 10.0 Å². The van der Waals surface area contributed by atoms with Gasteiger partial charge in [-0.05, 0) is 35.4 Å². The average molecular weight is 500 g/mol. The monoisotopic (exact) mass is 499 g/mol. The van der Waals surface area contributed by atoms with Crippen LogP contribution in [-0.2, 0) is 21.4 Å². The molecule has 1 aliphatic rings. The molecule has 1 fully saturated rings. The lowest BCUT2D eigenvalue weighted by Crippen LogP contribution is -2.48. The van der Waals surface area contributed by atoms with Gasteiger partial charge >= 0.3 is 0 Å². The van der Waals surface area contributed by atoms with Gasteiger partial charge in [0.15, 0.2) is 11.5 Å². The van der Waals surface area contributed by atoms with Crippen LogP contribution in [0.5, 0.6) is 11.5 Å². The molecule has 2 N–H and O–H groups in total. The van der Waals surface area contributed by atoms with Crippen molar-refractivity contribution in [2.45, 2.75) is 6.54 Å². The van der Waals surface area contributed by atoms with Gasteiger partial charge < -0.3 is 9.84 Å². The summed E-state index contributed by atoms with van der Waals surface area (Å²) in [6.07, 6.45) is 4.41. The lowest BCUT2D eigenvalue weighted by molar-refractivity contribution is -0.122. The van der Waals surface area contributed by atoms with Crippen LogP contribution in [0.4, 0.5) is 0 Å². The van der Waals surface area contributed by atoms with E-state index in [2.05, 4.69) is 20.3 Å². The van der Waals surface area contributed by atoms with Gasteiger partial charge in [0, 0.05) is 44.3 Å². The number of hydrogen-bond acceptors (Lipinski definition) is 8. The number of hydrazone groups is 1. The fourth-order valence-corrected chi connectivity index (χ4v) is 4.99. The number of carbonyl (C=O) groups is 1. The highest BCUT2D eigenvalue weighted by molar-refractivity contribution is 7.89. The van der Waals surface area contributed by atoms with Crippen LogP contribution in [0.2, 0.25) is 0 Å². The smallest absolute Gasteiger partial charge is 0.254 e. The quantitative estimate of drug-likeness (QED) is 0.356. The number of aromatic nitrogens is 1. The summed E-state index contributed by atoms with van der Waals surface area (Å²) in [7, 11) is -1.92. The number of amides is 1. The molecule has 1 aromatic heterocycles. The first-order chi connectivity index (χ1) is 16.7. The Morgan fingerprint density at radius 3 is 2.57 bits per heavy atom. The van der Waals surface area contributed by atoms with Crippen molar-refractivity contribution in [3.05, 3.63) is 59.8 Å². The molecule has 0 saturated carbocycles. The highest BCUT2D eigenvalue weighted by Gasteiger charge is 2.21. The number of nitrogens with zero attached hydrogens (tertiary/aromatic N) is 4. The van der Waals surface area contributed by atoms with E-state index in [9.17, 15) is 18.3 Å². The predicted molar refractivity (Wildman–Crippen MR) is 134 cm³/mol. The number of benzene rings is 2. The topological polar surface area (TPSA) is 116 Å². The molecule has 0 radical (unpaired) electrons. The number of phenolic OH excluding ortho intramolecular Hbond substituents is 1. The zero-order valence-electron chi connectivity index (χ0n) is 19.7. The summed E-state index contributed by atoms with van der Waals surface area (Å²) in [5.41, 5.74) is 4.87. The van der Waals surface area contributed by atoms with Gasteiger partial charge in [-0.3, -0.25) is 14.6 Å². The van der Waals surface area contributed by atoms with Gasteiger partial charge in [-0.15, -0.1) is 0 Å². The van der Waals surface area contributed by atoms with E-state index in [0.717, 1.165) is 37.1 Å². The van der Waals surface area contributed by atoms with Crippen molar-refractivity contribution in [1.29, 1.82) is 0 Å². The number of hydrogen-bond donors (Lipinski definition) is 2. The maximum Gasteiger partial charge on any atom is 0.254 e. The van der Waals surface area contributed by atoms with Crippen LogP contribution in [0, 0.1) is 0 Å². The molecular formula is C24H29N5O5S. The number of rotatable bonds is 8. The number of phenols is 1. The predicted octanol–water partition coefficient (Wildman–Crippen LogP) is 1.43. The maximum atomic E-state index is 12.3. The van der Waals surface area contributed by atoms with Crippen LogP contribution in [0.25, 0.3) is 10.9 Å². The van der Waals surface area contributed by atoms with Crippen molar-refractivity contribution in [3.8, 4) is 11.5 Å². The third-order valence-corrected chi connectivity index (χ3v) is 6.97. The summed E-state index contributed by atoms with van der Waals surface area (Å²) in [6, 6.07) is 12.3. The highest BCUT2D eigenvalue weighted by atomic mass is 32.2. The molecule has 0 unspecified atom stereocenters. The van der Waals surface area contributed by atoms with E-state index in [1.54, 1.807) is 18.3 Å². The summed E-state index contributed by atoms with van der Waals surface area (Å²) < 4.78 is 30.8. The van der Waals surface area contributed by atoms with Crippen LogP contribution in [-0.4, -0.2) is 85.5 Å². The Morgan fingerprint density at radius 2 is 1.86 bits per heavy atom. The Hall–Kier alpha value is -3.41. The van der Waals surface area contributed by atoms with Crippen LogP contribution >= 0.6 is 0 Å². The minimum Gasteiger partial charge on any atom is -0.504 e. The number of piperazine rings is 1. The van der Waals surface area contributed by atoms with E-state index in [-0.39, 0.29) is 18.2 Å². The molecule has 0 spiro atoms. The van der Waals surface area contributed by atoms with E-state index in [0.29, 0.717) is 23.4 Å². The average Bonchev–Trinajstić information content (AvgIpc) is 3.20. The molecule has 0 atom stereocenters. The van der Waals surface area contributed by atoms with E-state index in [4.69, 9.17) is 4.74 Å². The van der Waals surface area contributed by atoms with Gasteiger partial charge in [-0.25, -0.2) is 17.8 Å². The van der Waals surface area contributed by atoms with E-state index in [1.807, 2.05) is 24.3 Å². The molecule has 186 valence electrons. The van der Waals surface area contributed by atoms with Crippen LogP contribution in [0.1, 0.15) is 11.1 Å². The molecular weight excluding hydrogens is 470 g/mol. The van der Waals surface area contributed by atoms with Crippen molar-refractivity contribution < 1.29 is 23.1 Å². The number of para-hydroxylation sites is 1. The standard InChI is InChI=1S/C24H29N5O5S/c1-34-23-13-18(7-8-22(23)30)14-25-26-24(31)17-28-11-9-27(10-12-28)15-19-16-29(35(2,32)33)21-6-4-3-5-20(19)21/h3-8,13-14,16,30H,9-12,15,17H2,1-2H3,(H,26,31). The number of carbonyl (C=O) groups excluding carboxylic acids is 1. The summed E-state index contributed by atoms with van der Waals surface area (Å²) in [4.78, 5) is 16.6. The third-order valence-electron chi connectivity index (χ3n) is 5.95. The molecule has 10 nitrogen and oxygen atoms in total. The second kappa shape index (κ2) is 10.5. The van der Waals surface area contributed by atoms with Gasteiger partial charge in [0.05, 0.1) is 31.6 Å². The molecule has 1 amide bonds. The van der Waals surface area contributed by atoms with E-state index in [1.165, 1.54) is 29.6 Å². The van der Waals surface area contributed by atoms with E-state index < -0.39 is 10.0 Å². The zero-order valence-corrected chi connectivity index (χ0v) is 20.5. The third kappa shape index (κ3) is 5.99.